The van der Waals surface area contributed by atoms with E-state index < -0.39 is 0 Å². The number of benzene rings is 1. The van der Waals surface area contributed by atoms with Gasteiger partial charge in [-0.05, 0) is 42.5 Å². The summed E-state index contributed by atoms with van der Waals surface area (Å²) in [5.41, 5.74) is 3.93. The van der Waals surface area contributed by atoms with Crippen LogP contribution in [0.5, 0.6) is 0 Å². The molecular formula is C18H21BrN2. The Bertz CT molecular complexity index is 578. The fourth-order valence-corrected chi connectivity index (χ4v) is 3.72. The topological polar surface area (TPSA) is 17.8 Å². The highest BCUT2D eigenvalue weighted by molar-refractivity contribution is 9.09. The van der Waals surface area contributed by atoms with E-state index in [-0.39, 0.29) is 0 Å². The van der Waals surface area contributed by atoms with Crippen LogP contribution in [-0.4, -0.2) is 15.1 Å². The molecule has 0 radical (unpaired) electrons. The summed E-state index contributed by atoms with van der Waals surface area (Å²) in [6.07, 6.45) is 13.0. The Kier molecular flexibility index (Phi) is 4.91. The van der Waals surface area contributed by atoms with Gasteiger partial charge in [0.1, 0.15) is 0 Å². The third-order valence-electron chi connectivity index (χ3n) is 4.30. The van der Waals surface area contributed by atoms with E-state index in [1.165, 1.54) is 37.7 Å². The molecule has 1 heterocycles. The lowest BCUT2D eigenvalue weighted by atomic mass is 9.84. The molecule has 1 fully saturated rings. The Morgan fingerprint density at radius 2 is 1.95 bits per heavy atom. The summed E-state index contributed by atoms with van der Waals surface area (Å²) in [5, 5.41) is 5.25. The van der Waals surface area contributed by atoms with Crippen molar-refractivity contribution < 1.29 is 0 Å². The SMILES string of the molecule is BrC/C(=C/c1ccc(-n2cccn2)cc1)C1CCCCC1. The molecule has 0 N–H and O–H groups in total. The van der Waals surface area contributed by atoms with E-state index in [0.29, 0.717) is 0 Å². The molecular weight excluding hydrogens is 324 g/mol. The van der Waals surface area contributed by atoms with Crippen LogP contribution in [0.15, 0.2) is 48.3 Å². The molecule has 0 amide bonds. The summed E-state index contributed by atoms with van der Waals surface area (Å²) in [6, 6.07) is 10.6. The second-order valence-electron chi connectivity index (χ2n) is 5.73. The minimum Gasteiger partial charge on any atom is -0.241 e. The van der Waals surface area contributed by atoms with Crippen LogP contribution in [0.25, 0.3) is 11.8 Å². The van der Waals surface area contributed by atoms with Gasteiger partial charge in [0.05, 0.1) is 5.69 Å². The van der Waals surface area contributed by atoms with Crippen LogP contribution in [0, 0.1) is 5.92 Å². The number of hydrogen-bond donors (Lipinski definition) is 0. The van der Waals surface area contributed by atoms with Crippen molar-refractivity contribution in [1.82, 2.24) is 9.78 Å². The first-order valence-corrected chi connectivity index (χ1v) is 8.85. The number of halogens is 1. The Morgan fingerprint density at radius 3 is 2.57 bits per heavy atom. The van der Waals surface area contributed by atoms with E-state index in [4.69, 9.17) is 0 Å². The van der Waals surface area contributed by atoms with Crippen molar-refractivity contribution in [3.05, 3.63) is 53.9 Å². The quantitative estimate of drug-likeness (QED) is 0.694. The first-order valence-electron chi connectivity index (χ1n) is 7.73. The van der Waals surface area contributed by atoms with Gasteiger partial charge in [-0.1, -0.05) is 59.0 Å². The molecule has 0 spiro atoms. The highest BCUT2D eigenvalue weighted by Gasteiger charge is 2.16. The van der Waals surface area contributed by atoms with Crippen LogP contribution in [0.3, 0.4) is 0 Å². The van der Waals surface area contributed by atoms with Gasteiger partial charge >= 0.3 is 0 Å². The van der Waals surface area contributed by atoms with Crippen LogP contribution in [0.4, 0.5) is 0 Å². The zero-order valence-electron chi connectivity index (χ0n) is 12.2. The molecule has 1 saturated carbocycles. The molecule has 0 unspecified atom stereocenters. The van der Waals surface area contributed by atoms with Gasteiger partial charge in [-0.2, -0.15) is 5.10 Å². The van der Waals surface area contributed by atoms with Gasteiger partial charge in [-0.25, -0.2) is 4.68 Å². The Morgan fingerprint density at radius 1 is 1.19 bits per heavy atom. The van der Waals surface area contributed by atoms with Crippen LogP contribution >= 0.6 is 15.9 Å². The highest BCUT2D eigenvalue weighted by atomic mass is 79.9. The molecule has 1 aromatic heterocycles. The molecule has 1 aliphatic carbocycles. The number of allylic oxidation sites excluding steroid dienone is 1. The summed E-state index contributed by atoms with van der Waals surface area (Å²) in [7, 11) is 0. The lowest BCUT2D eigenvalue weighted by Gasteiger charge is -2.23. The average molecular weight is 345 g/mol. The molecule has 3 rings (SSSR count). The molecule has 0 atom stereocenters. The predicted molar refractivity (Wildman–Crippen MR) is 91.9 cm³/mol. The Balaban J connectivity index is 1.77. The number of rotatable bonds is 4. The van der Waals surface area contributed by atoms with Crippen molar-refractivity contribution in [2.45, 2.75) is 32.1 Å². The van der Waals surface area contributed by atoms with E-state index in [1.54, 1.807) is 11.8 Å². The normalized spacial score (nSPS) is 17.1. The molecule has 0 aliphatic heterocycles. The third kappa shape index (κ3) is 3.65. The van der Waals surface area contributed by atoms with Crippen LogP contribution < -0.4 is 0 Å². The highest BCUT2D eigenvalue weighted by Crippen LogP contribution is 2.31. The monoisotopic (exact) mass is 344 g/mol. The number of alkyl halides is 1. The summed E-state index contributed by atoms with van der Waals surface area (Å²) < 4.78 is 1.89. The van der Waals surface area contributed by atoms with Gasteiger partial charge in [0.15, 0.2) is 0 Å². The van der Waals surface area contributed by atoms with E-state index in [0.717, 1.165) is 16.9 Å². The summed E-state index contributed by atoms with van der Waals surface area (Å²) in [5.74, 6) is 0.768. The fraction of sp³-hybridized carbons (Fsp3) is 0.389. The average Bonchev–Trinajstić information content (AvgIpc) is 3.08. The standard InChI is InChI=1S/C18H21BrN2/c19-14-17(16-5-2-1-3-6-16)13-15-7-9-18(10-8-15)21-12-4-11-20-21/h4,7-13,16H,1-3,5-6,14H2/b17-13-. The van der Waals surface area contributed by atoms with Gasteiger partial charge in [-0.3, -0.25) is 0 Å². The minimum absolute atomic E-state index is 0.768. The second-order valence-corrected chi connectivity index (χ2v) is 6.29. The molecule has 1 aromatic carbocycles. The van der Waals surface area contributed by atoms with Gasteiger partial charge in [0.25, 0.3) is 0 Å². The molecule has 2 nitrogen and oxygen atoms in total. The van der Waals surface area contributed by atoms with Crippen LogP contribution in [-0.2, 0) is 0 Å². The summed E-state index contributed by atoms with van der Waals surface area (Å²) >= 11 is 3.67. The van der Waals surface area contributed by atoms with E-state index >= 15 is 0 Å². The van der Waals surface area contributed by atoms with Crippen molar-refractivity contribution in [3.63, 3.8) is 0 Å². The predicted octanol–water partition coefficient (Wildman–Crippen LogP) is 5.23. The molecule has 110 valence electrons. The van der Waals surface area contributed by atoms with Crippen molar-refractivity contribution in [2.75, 3.05) is 5.33 Å². The molecule has 3 heteroatoms. The lowest BCUT2D eigenvalue weighted by Crippen LogP contribution is -2.10. The Hall–Kier alpha value is -1.35. The van der Waals surface area contributed by atoms with Crippen molar-refractivity contribution >= 4 is 22.0 Å². The molecule has 2 aromatic rings. The van der Waals surface area contributed by atoms with E-state index in [1.807, 2.05) is 16.9 Å². The maximum Gasteiger partial charge on any atom is 0.0645 e. The van der Waals surface area contributed by atoms with Gasteiger partial charge < -0.3 is 0 Å². The zero-order valence-corrected chi connectivity index (χ0v) is 13.8. The minimum atomic E-state index is 0.768. The maximum atomic E-state index is 4.26. The maximum absolute atomic E-state index is 4.26. The fourth-order valence-electron chi connectivity index (χ4n) is 3.10. The molecule has 1 aliphatic rings. The summed E-state index contributed by atoms with van der Waals surface area (Å²) in [4.78, 5) is 0. The summed E-state index contributed by atoms with van der Waals surface area (Å²) in [6.45, 7) is 0. The second kappa shape index (κ2) is 7.08. The Labute approximate surface area is 135 Å². The van der Waals surface area contributed by atoms with Crippen molar-refractivity contribution in [1.29, 1.82) is 0 Å². The van der Waals surface area contributed by atoms with Crippen LogP contribution in [0.1, 0.15) is 37.7 Å². The van der Waals surface area contributed by atoms with Crippen molar-refractivity contribution in [3.8, 4) is 5.69 Å². The molecule has 0 bridgehead atoms. The first kappa shape index (κ1) is 14.6. The van der Waals surface area contributed by atoms with E-state index in [9.17, 15) is 0 Å². The first-order chi connectivity index (χ1) is 10.4. The number of aromatic nitrogens is 2. The smallest absolute Gasteiger partial charge is 0.0645 e. The molecule has 21 heavy (non-hydrogen) atoms. The molecule has 0 saturated heterocycles. The lowest BCUT2D eigenvalue weighted by molar-refractivity contribution is 0.405. The van der Waals surface area contributed by atoms with Gasteiger partial charge in [0.2, 0.25) is 0 Å². The number of nitrogens with zero attached hydrogens (tertiary/aromatic N) is 2. The zero-order chi connectivity index (χ0) is 14.5. The number of hydrogen-bond acceptors (Lipinski definition) is 1. The largest absolute Gasteiger partial charge is 0.241 e. The van der Waals surface area contributed by atoms with Crippen LogP contribution in [0.2, 0.25) is 0 Å². The third-order valence-corrected chi connectivity index (χ3v) is 4.95. The van der Waals surface area contributed by atoms with Gasteiger partial charge in [0, 0.05) is 17.7 Å². The van der Waals surface area contributed by atoms with E-state index in [2.05, 4.69) is 51.4 Å². The van der Waals surface area contributed by atoms with Gasteiger partial charge in [-0.15, -0.1) is 0 Å². The van der Waals surface area contributed by atoms with Crippen molar-refractivity contribution in [2.24, 2.45) is 5.92 Å².